The van der Waals surface area contributed by atoms with Gasteiger partial charge in [0, 0.05) is 29.3 Å². The minimum absolute atomic E-state index is 0.548. The van der Waals surface area contributed by atoms with Crippen LogP contribution in [0.4, 0.5) is 0 Å². The van der Waals surface area contributed by atoms with Gasteiger partial charge in [0.2, 0.25) is 4.96 Å². The first-order chi connectivity index (χ1) is 10.4. The summed E-state index contributed by atoms with van der Waals surface area (Å²) in [5.41, 5.74) is 1.13. The average molecular weight is 293 g/mol. The molecule has 0 amide bonds. The monoisotopic (exact) mass is 293 g/mol. The van der Waals surface area contributed by atoms with Crippen LogP contribution >= 0.6 is 11.3 Å². The molecule has 1 fully saturated rings. The van der Waals surface area contributed by atoms with E-state index >= 15 is 0 Å². The minimum Gasteiger partial charge on any atom is -0.264 e. The Hall–Kier alpha value is -2.34. The van der Waals surface area contributed by atoms with Crippen molar-refractivity contribution in [2.75, 3.05) is 0 Å². The lowest BCUT2D eigenvalue weighted by atomic mass is 10.1. The molecule has 5 nitrogen and oxygen atoms in total. The highest BCUT2D eigenvalue weighted by Crippen LogP contribution is 2.40. The van der Waals surface area contributed by atoms with Crippen LogP contribution in [0.3, 0.4) is 0 Å². The Morgan fingerprint density at radius 3 is 3.00 bits per heavy atom. The maximum absolute atomic E-state index is 4.74. The molecule has 0 atom stereocenters. The van der Waals surface area contributed by atoms with Crippen LogP contribution in [0.5, 0.6) is 0 Å². The maximum atomic E-state index is 4.74. The van der Waals surface area contributed by atoms with Crippen molar-refractivity contribution < 1.29 is 0 Å². The molecule has 6 heteroatoms. The smallest absolute Gasteiger partial charge is 0.234 e. The number of aromatic nitrogens is 5. The maximum Gasteiger partial charge on any atom is 0.234 e. The van der Waals surface area contributed by atoms with Gasteiger partial charge < -0.3 is 0 Å². The van der Waals surface area contributed by atoms with Gasteiger partial charge in [0.15, 0.2) is 5.82 Å². The summed E-state index contributed by atoms with van der Waals surface area (Å²) < 4.78 is 1.91. The lowest BCUT2D eigenvalue weighted by Crippen LogP contribution is -1.93. The fourth-order valence-electron chi connectivity index (χ4n) is 2.65. The quantitative estimate of drug-likeness (QED) is 0.569. The first kappa shape index (κ1) is 11.3. The van der Waals surface area contributed by atoms with E-state index in [4.69, 9.17) is 5.10 Å². The Morgan fingerprint density at radius 2 is 2.10 bits per heavy atom. The molecule has 0 aliphatic heterocycles. The van der Waals surface area contributed by atoms with Crippen LogP contribution in [0, 0.1) is 0 Å². The fraction of sp³-hybridized carbons (Fsp3) is 0.200. The van der Waals surface area contributed by atoms with Gasteiger partial charge >= 0.3 is 0 Å². The summed E-state index contributed by atoms with van der Waals surface area (Å²) in [4.78, 5) is 5.05. The predicted octanol–water partition coefficient (Wildman–Crippen LogP) is 3.28. The summed E-state index contributed by atoms with van der Waals surface area (Å²) in [6.45, 7) is 0. The van der Waals surface area contributed by atoms with Crippen LogP contribution in [0.25, 0.3) is 26.3 Å². The van der Waals surface area contributed by atoms with Gasteiger partial charge in [0.05, 0.1) is 0 Å². The third-order valence-electron chi connectivity index (χ3n) is 3.87. The molecule has 0 spiro atoms. The molecule has 1 aliphatic carbocycles. The van der Waals surface area contributed by atoms with Crippen molar-refractivity contribution in [1.29, 1.82) is 0 Å². The topological polar surface area (TPSA) is 56.0 Å². The number of fused-ring (bicyclic) bond motifs is 2. The molecular weight excluding hydrogens is 282 g/mol. The Bertz CT molecular complexity index is 961. The van der Waals surface area contributed by atoms with Crippen LogP contribution in [0.1, 0.15) is 24.6 Å². The third kappa shape index (κ3) is 1.69. The van der Waals surface area contributed by atoms with Crippen molar-refractivity contribution in [3.8, 4) is 10.6 Å². The average Bonchev–Trinajstić information content (AvgIpc) is 3.15. The summed E-state index contributed by atoms with van der Waals surface area (Å²) in [7, 11) is 0. The van der Waals surface area contributed by atoms with E-state index in [9.17, 15) is 0 Å². The molecular formula is C15H11N5S. The Labute approximate surface area is 124 Å². The minimum atomic E-state index is 0.548. The highest BCUT2D eigenvalue weighted by atomic mass is 32.1. The second-order valence-corrected chi connectivity index (χ2v) is 6.29. The van der Waals surface area contributed by atoms with E-state index in [1.165, 1.54) is 18.2 Å². The Morgan fingerprint density at radius 1 is 1.14 bits per heavy atom. The first-order valence-corrected chi connectivity index (χ1v) is 7.77. The molecule has 3 aromatic heterocycles. The predicted molar refractivity (Wildman–Crippen MR) is 81.4 cm³/mol. The normalized spacial score (nSPS) is 15.0. The molecule has 0 unspecified atom stereocenters. The summed E-state index contributed by atoms with van der Waals surface area (Å²) in [6, 6.07) is 8.25. The summed E-state index contributed by atoms with van der Waals surface area (Å²) >= 11 is 1.59. The van der Waals surface area contributed by atoms with E-state index in [1.807, 2.05) is 29.0 Å². The molecule has 0 N–H and O–H groups in total. The standard InChI is InChI=1S/C15H11N5S/c1-2-10-8-16-7-6-11(10)12(3-1)14-19-20-13(9-4-5-9)17-18-15(20)21-14/h1-3,6-9H,4-5H2. The SMILES string of the molecule is c1cc(-c2nn3c(C4CC4)nnc3s2)c2ccncc2c1. The zero-order valence-corrected chi connectivity index (χ0v) is 11.9. The second-order valence-electron chi connectivity index (χ2n) is 5.34. The van der Waals surface area contributed by atoms with Crippen molar-refractivity contribution in [3.05, 3.63) is 42.5 Å². The summed E-state index contributed by atoms with van der Waals surface area (Å²) in [6.07, 6.45) is 6.11. The van der Waals surface area contributed by atoms with E-state index in [0.29, 0.717) is 5.92 Å². The van der Waals surface area contributed by atoms with Gasteiger partial charge in [-0.1, -0.05) is 29.5 Å². The number of benzene rings is 1. The number of rotatable bonds is 2. The van der Waals surface area contributed by atoms with E-state index in [2.05, 4.69) is 27.3 Å². The van der Waals surface area contributed by atoms with Crippen molar-refractivity contribution >= 4 is 27.1 Å². The van der Waals surface area contributed by atoms with Gasteiger partial charge in [0.25, 0.3) is 0 Å². The van der Waals surface area contributed by atoms with E-state index in [-0.39, 0.29) is 0 Å². The summed E-state index contributed by atoms with van der Waals surface area (Å²) in [5, 5.41) is 16.6. The van der Waals surface area contributed by atoms with Crippen LogP contribution in [0.2, 0.25) is 0 Å². The zero-order valence-electron chi connectivity index (χ0n) is 11.1. The van der Waals surface area contributed by atoms with Gasteiger partial charge in [0.1, 0.15) is 5.01 Å². The molecule has 0 radical (unpaired) electrons. The molecule has 0 saturated heterocycles. The van der Waals surface area contributed by atoms with Crippen molar-refractivity contribution in [3.63, 3.8) is 0 Å². The van der Waals surface area contributed by atoms with Gasteiger partial charge in [-0.05, 0) is 24.3 Å². The Kier molecular flexibility index (Phi) is 2.20. The molecule has 3 heterocycles. The van der Waals surface area contributed by atoms with Crippen LogP contribution in [-0.4, -0.2) is 24.8 Å². The van der Waals surface area contributed by atoms with Gasteiger partial charge in [-0.25, -0.2) is 0 Å². The summed E-state index contributed by atoms with van der Waals surface area (Å²) in [5.74, 6) is 1.56. The van der Waals surface area contributed by atoms with Gasteiger partial charge in [-0.2, -0.15) is 9.61 Å². The highest BCUT2D eigenvalue weighted by Gasteiger charge is 2.30. The van der Waals surface area contributed by atoms with Crippen LogP contribution < -0.4 is 0 Å². The molecule has 21 heavy (non-hydrogen) atoms. The van der Waals surface area contributed by atoms with Gasteiger partial charge in [-0.15, -0.1) is 10.2 Å². The molecule has 102 valence electrons. The number of hydrogen-bond acceptors (Lipinski definition) is 5. The fourth-order valence-corrected chi connectivity index (χ4v) is 3.53. The number of nitrogens with zero attached hydrogens (tertiary/aromatic N) is 5. The molecule has 1 aromatic carbocycles. The van der Waals surface area contributed by atoms with Crippen LogP contribution in [-0.2, 0) is 0 Å². The van der Waals surface area contributed by atoms with Crippen molar-refractivity contribution in [2.45, 2.75) is 18.8 Å². The lowest BCUT2D eigenvalue weighted by Gasteiger charge is -2.02. The molecule has 4 aromatic rings. The van der Waals surface area contributed by atoms with E-state index in [0.717, 1.165) is 26.7 Å². The van der Waals surface area contributed by atoms with Crippen molar-refractivity contribution in [2.24, 2.45) is 0 Å². The molecule has 5 rings (SSSR count). The first-order valence-electron chi connectivity index (χ1n) is 6.95. The van der Waals surface area contributed by atoms with Crippen molar-refractivity contribution in [1.82, 2.24) is 24.8 Å². The van der Waals surface area contributed by atoms with Gasteiger partial charge in [-0.3, -0.25) is 4.98 Å². The Balaban J connectivity index is 1.75. The third-order valence-corrected chi connectivity index (χ3v) is 4.80. The number of pyridine rings is 1. The van der Waals surface area contributed by atoms with E-state index in [1.54, 1.807) is 11.3 Å². The highest BCUT2D eigenvalue weighted by molar-refractivity contribution is 7.19. The largest absolute Gasteiger partial charge is 0.264 e. The van der Waals surface area contributed by atoms with E-state index < -0.39 is 0 Å². The molecule has 0 bridgehead atoms. The second kappa shape index (κ2) is 4.08. The molecule has 1 aliphatic rings. The molecule has 1 saturated carbocycles. The number of hydrogen-bond donors (Lipinski definition) is 0. The zero-order chi connectivity index (χ0) is 13.8. The van der Waals surface area contributed by atoms with Crippen LogP contribution in [0.15, 0.2) is 36.7 Å². The lowest BCUT2D eigenvalue weighted by molar-refractivity contribution is 0.829.